The molecule has 100 valence electrons. The zero-order chi connectivity index (χ0) is 12.7. The molecule has 1 N–H and O–H groups in total. The first-order valence-electron chi connectivity index (χ1n) is 6.37. The van der Waals surface area contributed by atoms with Crippen molar-refractivity contribution in [2.45, 2.75) is 55.1 Å². The monoisotopic (exact) mass is 278 g/mol. The van der Waals surface area contributed by atoms with Gasteiger partial charge in [0.25, 0.3) is 0 Å². The van der Waals surface area contributed by atoms with Gasteiger partial charge in [-0.3, -0.25) is 0 Å². The highest BCUT2D eigenvalue weighted by atomic mass is 32.2. The molecular formula is C12H22O3S2. The SMILES string of the molecule is CC1SCCC1(O)C1CCCC(S(C)(=O)=O)C1. The summed E-state index contributed by atoms with van der Waals surface area (Å²) >= 11 is 1.81. The van der Waals surface area contributed by atoms with Crippen LogP contribution < -0.4 is 0 Å². The molecule has 0 aromatic rings. The van der Waals surface area contributed by atoms with Gasteiger partial charge in [0.05, 0.1) is 10.9 Å². The van der Waals surface area contributed by atoms with Gasteiger partial charge in [-0.05, 0) is 37.4 Å². The Morgan fingerprint density at radius 3 is 2.59 bits per heavy atom. The highest BCUT2D eigenvalue weighted by Gasteiger charge is 2.47. The third-order valence-corrected chi connectivity index (χ3v) is 7.50. The molecule has 1 aliphatic carbocycles. The second-order valence-electron chi connectivity index (χ2n) is 5.57. The molecule has 1 aliphatic heterocycles. The molecule has 0 bridgehead atoms. The van der Waals surface area contributed by atoms with Crippen molar-refractivity contribution >= 4 is 21.6 Å². The van der Waals surface area contributed by atoms with Gasteiger partial charge >= 0.3 is 0 Å². The van der Waals surface area contributed by atoms with E-state index in [4.69, 9.17) is 0 Å². The number of rotatable bonds is 2. The average molecular weight is 278 g/mol. The summed E-state index contributed by atoms with van der Waals surface area (Å²) in [6.07, 6.45) is 5.49. The lowest BCUT2D eigenvalue weighted by Gasteiger charge is -2.40. The maximum atomic E-state index is 11.6. The molecule has 0 aromatic carbocycles. The van der Waals surface area contributed by atoms with Crippen LogP contribution in [0.15, 0.2) is 0 Å². The maximum Gasteiger partial charge on any atom is 0.150 e. The molecule has 1 heterocycles. The topological polar surface area (TPSA) is 54.4 Å². The van der Waals surface area contributed by atoms with Crippen molar-refractivity contribution in [2.24, 2.45) is 5.92 Å². The third-order valence-electron chi connectivity index (χ3n) is 4.51. The van der Waals surface area contributed by atoms with Gasteiger partial charge in [0.1, 0.15) is 9.84 Å². The first kappa shape index (κ1) is 13.7. The summed E-state index contributed by atoms with van der Waals surface area (Å²) in [5, 5.41) is 10.8. The summed E-state index contributed by atoms with van der Waals surface area (Å²) in [7, 11) is -2.95. The number of thioether (sulfide) groups is 1. The molecule has 5 heteroatoms. The Kier molecular flexibility index (Phi) is 3.82. The summed E-state index contributed by atoms with van der Waals surface area (Å²) in [6.45, 7) is 2.07. The first-order valence-corrected chi connectivity index (χ1v) is 9.37. The Labute approximate surface area is 108 Å². The van der Waals surface area contributed by atoms with Crippen LogP contribution >= 0.6 is 11.8 Å². The lowest BCUT2D eigenvalue weighted by Crippen LogP contribution is -2.46. The molecule has 4 unspecified atom stereocenters. The molecule has 0 spiro atoms. The van der Waals surface area contributed by atoms with Crippen molar-refractivity contribution < 1.29 is 13.5 Å². The van der Waals surface area contributed by atoms with E-state index < -0.39 is 15.4 Å². The van der Waals surface area contributed by atoms with Gasteiger partial charge in [-0.15, -0.1) is 0 Å². The molecular weight excluding hydrogens is 256 g/mol. The van der Waals surface area contributed by atoms with Crippen LogP contribution in [0.1, 0.15) is 39.0 Å². The van der Waals surface area contributed by atoms with E-state index in [1.54, 1.807) is 0 Å². The molecule has 1 saturated carbocycles. The molecule has 2 rings (SSSR count). The van der Waals surface area contributed by atoms with E-state index in [9.17, 15) is 13.5 Å². The fourth-order valence-corrected chi connectivity index (χ4v) is 5.84. The maximum absolute atomic E-state index is 11.6. The van der Waals surface area contributed by atoms with Gasteiger partial charge in [0.15, 0.2) is 0 Å². The minimum atomic E-state index is -2.95. The summed E-state index contributed by atoms with van der Waals surface area (Å²) in [4.78, 5) is 0. The quantitative estimate of drug-likeness (QED) is 0.837. The molecule has 0 aromatic heterocycles. The number of aliphatic hydroxyl groups is 1. The first-order chi connectivity index (χ1) is 7.84. The van der Waals surface area contributed by atoms with Crippen LogP contribution in [0.25, 0.3) is 0 Å². The molecule has 0 amide bonds. The van der Waals surface area contributed by atoms with E-state index in [0.717, 1.165) is 31.4 Å². The van der Waals surface area contributed by atoms with Crippen LogP contribution in [0, 0.1) is 5.92 Å². The van der Waals surface area contributed by atoms with Gasteiger partial charge in [-0.25, -0.2) is 8.42 Å². The molecule has 2 fully saturated rings. The van der Waals surface area contributed by atoms with E-state index >= 15 is 0 Å². The Morgan fingerprint density at radius 2 is 2.06 bits per heavy atom. The van der Waals surface area contributed by atoms with Crippen molar-refractivity contribution in [1.29, 1.82) is 0 Å². The second-order valence-corrected chi connectivity index (χ2v) is 9.34. The van der Waals surface area contributed by atoms with Gasteiger partial charge in [-0.1, -0.05) is 13.3 Å². The fourth-order valence-electron chi connectivity index (χ4n) is 3.27. The Bertz CT molecular complexity index is 379. The molecule has 1 saturated heterocycles. The van der Waals surface area contributed by atoms with Gasteiger partial charge in [0.2, 0.25) is 0 Å². The largest absolute Gasteiger partial charge is 0.388 e. The van der Waals surface area contributed by atoms with Crippen LogP contribution in [0.2, 0.25) is 0 Å². The lowest BCUT2D eigenvalue weighted by atomic mass is 9.74. The lowest BCUT2D eigenvalue weighted by molar-refractivity contribution is -0.0271. The predicted octanol–water partition coefficient (Wildman–Crippen LogP) is 1.85. The smallest absolute Gasteiger partial charge is 0.150 e. The Balaban J connectivity index is 2.12. The van der Waals surface area contributed by atoms with Crippen LogP contribution in [-0.4, -0.2) is 41.6 Å². The predicted molar refractivity (Wildman–Crippen MR) is 72.1 cm³/mol. The normalized spacial score (nSPS) is 43.8. The highest BCUT2D eigenvalue weighted by molar-refractivity contribution is 8.00. The van der Waals surface area contributed by atoms with Crippen molar-refractivity contribution in [1.82, 2.24) is 0 Å². The van der Waals surface area contributed by atoms with Gasteiger partial charge in [0, 0.05) is 11.5 Å². The zero-order valence-corrected chi connectivity index (χ0v) is 12.2. The number of sulfone groups is 1. The minimum Gasteiger partial charge on any atom is -0.388 e. The van der Waals surface area contributed by atoms with Crippen molar-refractivity contribution in [3.8, 4) is 0 Å². The zero-order valence-electron chi connectivity index (χ0n) is 10.6. The summed E-state index contributed by atoms with van der Waals surface area (Å²) in [6, 6.07) is 0. The highest BCUT2D eigenvalue weighted by Crippen LogP contribution is 2.46. The van der Waals surface area contributed by atoms with Crippen LogP contribution in [-0.2, 0) is 9.84 Å². The van der Waals surface area contributed by atoms with Crippen molar-refractivity contribution in [3.05, 3.63) is 0 Å². The number of hydrogen-bond donors (Lipinski definition) is 1. The van der Waals surface area contributed by atoms with Crippen LogP contribution in [0.3, 0.4) is 0 Å². The van der Waals surface area contributed by atoms with E-state index in [-0.39, 0.29) is 16.4 Å². The summed E-state index contributed by atoms with van der Waals surface area (Å²) in [5.74, 6) is 1.17. The Hall–Kier alpha value is 0.260. The molecule has 4 atom stereocenters. The molecule has 17 heavy (non-hydrogen) atoms. The van der Waals surface area contributed by atoms with E-state index in [2.05, 4.69) is 6.92 Å². The second kappa shape index (κ2) is 4.74. The molecule has 3 nitrogen and oxygen atoms in total. The summed E-state index contributed by atoms with van der Waals surface area (Å²) in [5.41, 5.74) is -0.631. The standard InChI is InChI=1S/C12H22O3S2/c1-9-12(13,6-7-16-9)10-4-3-5-11(8-10)17(2,14)15/h9-11,13H,3-8H2,1-2H3. The summed E-state index contributed by atoms with van der Waals surface area (Å²) < 4.78 is 23.3. The van der Waals surface area contributed by atoms with E-state index in [1.807, 2.05) is 11.8 Å². The minimum absolute atomic E-state index is 0.168. The molecule has 2 aliphatic rings. The number of hydrogen-bond acceptors (Lipinski definition) is 4. The van der Waals surface area contributed by atoms with E-state index in [0.29, 0.717) is 6.42 Å². The van der Waals surface area contributed by atoms with Crippen LogP contribution in [0.4, 0.5) is 0 Å². The van der Waals surface area contributed by atoms with Crippen molar-refractivity contribution in [2.75, 3.05) is 12.0 Å². The fraction of sp³-hybridized carbons (Fsp3) is 1.00. The Morgan fingerprint density at radius 1 is 1.35 bits per heavy atom. The molecule has 0 radical (unpaired) electrons. The third kappa shape index (κ3) is 2.66. The van der Waals surface area contributed by atoms with Crippen LogP contribution in [0.5, 0.6) is 0 Å². The van der Waals surface area contributed by atoms with Gasteiger partial charge in [-0.2, -0.15) is 11.8 Å². The average Bonchev–Trinajstić information content (AvgIpc) is 2.60. The van der Waals surface area contributed by atoms with E-state index in [1.165, 1.54) is 6.26 Å². The van der Waals surface area contributed by atoms with Gasteiger partial charge < -0.3 is 5.11 Å². The van der Waals surface area contributed by atoms with Crippen molar-refractivity contribution in [3.63, 3.8) is 0 Å².